The Hall–Kier alpha value is -0.200. The van der Waals surface area contributed by atoms with Crippen LogP contribution in [0.3, 0.4) is 0 Å². The SMILES string of the molecule is CC1C(CCCN)OC2OC3(C)CCC4CCCC1C42OO3. The highest BCUT2D eigenvalue weighted by Crippen LogP contribution is 2.59. The minimum absolute atomic E-state index is 0.217. The van der Waals surface area contributed by atoms with E-state index in [2.05, 4.69) is 6.92 Å². The topological polar surface area (TPSA) is 62.9 Å². The molecule has 0 aromatic carbocycles. The van der Waals surface area contributed by atoms with Gasteiger partial charge in [0.05, 0.1) is 6.10 Å². The lowest BCUT2D eigenvalue weighted by Crippen LogP contribution is -2.69. The maximum absolute atomic E-state index is 6.43. The fourth-order valence-corrected chi connectivity index (χ4v) is 5.28. The zero-order chi connectivity index (χ0) is 15.4. The standard InChI is InChI=1S/C17H29NO4/c1-11-13-6-3-5-12-8-9-16(2)20-15(17(12,13)22-21-16)19-14(11)7-4-10-18/h11-15H,3-10,18H2,1-2H3. The fourth-order valence-electron chi connectivity index (χ4n) is 5.28. The first-order valence-electron chi connectivity index (χ1n) is 8.99. The Balaban J connectivity index is 1.68. The van der Waals surface area contributed by atoms with Crippen molar-refractivity contribution < 1.29 is 19.2 Å². The molecule has 0 radical (unpaired) electrons. The van der Waals surface area contributed by atoms with Crippen LogP contribution in [0.25, 0.3) is 0 Å². The van der Waals surface area contributed by atoms with Gasteiger partial charge in [-0.3, -0.25) is 0 Å². The first-order valence-corrected chi connectivity index (χ1v) is 8.99. The third-order valence-electron chi connectivity index (χ3n) is 6.53. The third-order valence-corrected chi connectivity index (χ3v) is 6.53. The molecule has 4 saturated heterocycles. The first-order chi connectivity index (χ1) is 10.6. The van der Waals surface area contributed by atoms with E-state index in [-0.39, 0.29) is 12.4 Å². The third kappa shape index (κ3) is 2.09. The van der Waals surface area contributed by atoms with Crippen LogP contribution in [0.4, 0.5) is 0 Å². The Morgan fingerprint density at radius 3 is 2.86 bits per heavy atom. The molecule has 2 bridgehead atoms. The Bertz CT molecular complexity index is 433. The molecule has 5 nitrogen and oxygen atoms in total. The first kappa shape index (κ1) is 15.3. The van der Waals surface area contributed by atoms with E-state index in [1.54, 1.807) is 0 Å². The van der Waals surface area contributed by atoms with Crippen LogP contribution in [0.15, 0.2) is 0 Å². The van der Waals surface area contributed by atoms with Gasteiger partial charge >= 0.3 is 0 Å². The average Bonchev–Trinajstić information content (AvgIpc) is 2.74. The molecule has 5 rings (SSSR count). The summed E-state index contributed by atoms with van der Waals surface area (Å²) in [6.45, 7) is 5.00. The van der Waals surface area contributed by atoms with Crippen molar-refractivity contribution in [3.05, 3.63) is 0 Å². The molecule has 126 valence electrons. The van der Waals surface area contributed by atoms with Gasteiger partial charge < -0.3 is 15.2 Å². The Kier molecular flexibility index (Phi) is 3.78. The van der Waals surface area contributed by atoms with Crippen molar-refractivity contribution in [3.8, 4) is 0 Å². The zero-order valence-corrected chi connectivity index (χ0v) is 13.8. The van der Waals surface area contributed by atoms with Gasteiger partial charge in [-0.1, -0.05) is 13.3 Å². The quantitative estimate of drug-likeness (QED) is 0.812. The molecule has 0 amide bonds. The Morgan fingerprint density at radius 1 is 1.18 bits per heavy atom. The van der Waals surface area contributed by atoms with Crippen molar-refractivity contribution in [2.24, 2.45) is 23.5 Å². The number of fused-ring (bicyclic) bond motifs is 2. The molecular weight excluding hydrogens is 282 g/mol. The van der Waals surface area contributed by atoms with E-state index in [4.69, 9.17) is 25.0 Å². The molecule has 22 heavy (non-hydrogen) atoms. The van der Waals surface area contributed by atoms with Gasteiger partial charge in [0.15, 0.2) is 11.9 Å². The molecule has 0 aromatic heterocycles. The monoisotopic (exact) mass is 311 g/mol. The van der Waals surface area contributed by atoms with Crippen LogP contribution in [-0.2, 0) is 19.2 Å². The largest absolute Gasteiger partial charge is 0.346 e. The van der Waals surface area contributed by atoms with Crippen molar-refractivity contribution in [1.29, 1.82) is 0 Å². The van der Waals surface area contributed by atoms with Crippen LogP contribution in [-0.4, -0.2) is 30.3 Å². The minimum atomic E-state index is -0.656. The van der Waals surface area contributed by atoms with Gasteiger partial charge in [-0.25, -0.2) is 9.78 Å². The van der Waals surface area contributed by atoms with Gasteiger partial charge in [-0.05, 0) is 57.4 Å². The Morgan fingerprint density at radius 2 is 2.05 bits per heavy atom. The normalized spacial score (nSPS) is 53.9. The van der Waals surface area contributed by atoms with Crippen LogP contribution < -0.4 is 5.73 Å². The van der Waals surface area contributed by atoms with E-state index in [9.17, 15) is 0 Å². The van der Waals surface area contributed by atoms with E-state index in [1.165, 1.54) is 19.3 Å². The smallest absolute Gasteiger partial charge is 0.201 e. The molecule has 4 aliphatic heterocycles. The summed E-state index contributed by atoms with van der Waals surface area (Å²) in [6.07, 6.45) is 7.57. The fraction of sp³-hybridized carbons (Fsp3) is 1.00. The van der Waals surface area contributed by atoms with Crippen molar-refractivity contribution in [3.63, 3.8) is 0 Å². The summed E-state index contributed by atoms with van der Waals surface area (Å²) in [7, 11) is 0. The number of ether oxygens (including phenoxy) is 2. The molecule has 5 heteroatoms. The highest BCUT2D eigenvalue weighted by Gasteiger charge is 2.67. The van der Waals surface area contributed by atoms with E-state index in [0.717, 1.165) is 25.7 Å². The highest BCUT2D eigenvalue weighted by atomic mass is 17.3. The van der Waals surface area contributed by atoms with Crippen molar-refractivity contribution >= 4 is 0 Å². The second-order valence-electron chi connectivity index (χ2n) is 7.84. The van der Waals surface area contributed by atoms with Crippen LogP contribution >= 0.6 is 0 Å². The lowest BCUT2D eigenvalue weighted by Gasteiger charge is -2.59. The second kappa shape index (κ2) is 5.42. The maximum Gasteiger partial charge on any atom is 0.201 e. The van der Waals surface area contributed by atoms with Crippen molar-refractivity contribution in [2.75, 3.05) is 6.54 Å². The average molecular weight is 311 g/mol. The van der Waals surface area contributed by atoms with E-state index in [0.29, 0.717) is 24.3 Å². The van der Waals surface area contributed by atoms with Gasteiger partial charge in [0.2, 0.25) is 5.79 Å². The van der Waals surface area contributed by atoms with Crippen molar-refractivity contribution in [1.82, 2.24) is 0 Å². The lowest BCUT2D eigenvalue weighted by atomic mass is 9.60. The molecule has 1 saturated carbocycles. The summed E-state index contributed by atoms with van der Waals surface area (Å²) in [5.74, 6) is 0.741. The van der Waals surface area contributed by atoms with Crippen LogP contribution in [0.2, 0.25) is 0 Å². The number of nitrogens with two attached hydrogens (primary N) is 1. The lowest BCUT2D eigenvalue weighted by molar-refractivity contribution is -0.569. The van der Waals surface area contributed by atoms with Crippen molar-refractivity contribution in [2.45, 2.75) is 82.6 Å². The minimum Gasteiger partial charge on any atom is -0.346 e. The van der Waals surface area contributed by atoms with E-state index in [1.807, 2.05) is 6.92 Å². The van der Waals surface area contributed by atoms with E-state index >= 15 is 0 Å². The van der Waals surface area contributed by atoms with E-state index < -0.39 is 11.4 Å². The highest BCUT2D eigenvalue weighted by molar-refractivity contribution is 5.08. The molecule has 4 heterocycles. The summed E-state index contributed by atoms with van der Waals surface area (Å²) >= 11 is 0. The predicted octanol–water partition coefficient (Wildman–Crippen LogP) is 2.73. The summed E-state index contributed by atoms with van der Waals surface area (Å²) < 4.78 is 12.7. The number of hydrogen-bond acceptors (Lipinski definition) is 5. The molecule has 2 N–H and O–H groups in total. The Labute approximate surface area is 132 Å². The van der Waals surface area contributed by atoms with Gasteiger partial charge in [0, 0.05) is 12.3 Å². The van der Waals surface area contributed by atoms with Gasteiger partial charge in [0.25, 0.3) is 0 Å². The zero-order valence-electron chi connectivity index (χ0n) is 13.8. The van der Waals surface area contributed by atoms with Gasteiger partial charge in [0.1, 0.15) is 0 Å². The van der Waals surface area contributed by atoms with Crippen LogP contribution in [0, 0.1) is 17.8 Å². The van der Waals surface area contributed by atoms with Crippen LogP contribution in [0.5, 0.6) is 0 Å². The molecule has 1 aliphatic carbocycles. The summed E-state index contributed by atoms with van der Waals surface area (Å²) in [5.41, 5.74) is 5.30. The van der Waals surface area contributed by atoms with Crippen LogP contribution in [0.1, 0.15) is 58.8 Å². The maximum atomic E-state index is 6.43. The molecular formula is C17H29NO4. The predicted molar refractivity (Wildman–Crippen MR) is 80.6 cm³/mol. The van der Waals surface area contributed by atoms with Gasteiger partial charge in [-0.2, -0.15) is 0 Å². The molecule has 0 aromatic rings. The van der Waals surface area contributed by atoms with Gasteiger partial charge in [-0.15, -0.1) is 0 Å². The molecule has 7 unspecified atom stereocenters. The molecule has 5 fully saturated rings. The summed E-state index contributed by atoms with van der Waals surface area (Å²) in [6, 6.07) is 0. The number of hydrogen-bond donors (Lipinski definition) is 1. The molecule has 1 spiro atoms. The number of rotatable bonds is 3. The summed E-state index contributed by atoms with van der Waals surface area (Å²) in [5, 5.41) is 0. The molecule has 5 aliphatic rings. The second-order valence-corrected chi connectivity index (χ2v) is 7.84. The molecule has 7 atom stereocenters. The summed E-state index contributed by atoms with van der Waals surface area (Å²) in [4.78, 5) is 11.8.